The van der Waals surface area contributed by atoms with Crippen molar-refractivity contribution in [1.29, 1.82) is 0 Å². The number of benzene rings is 1. The van der Waals surface area contributed by atoms with Gasteiger partial charge < -0.3 is 9.47 Å². The van der Waals surface area contributed by atoms with E-state index in [0.29, 0.717) is 18.2 Å². The third kappa shape index (κ3) is 5.14. The smallest absolute Gasteiger partial charge is 0.150 e. The van der Waals surface area contributed by atoms with Crippen LogP contribution in [-0.4, -0.2) is 44.6 Å². The van der Waals surface area contributed by atoms with Gasteiger partial charge in [0.1, 0.15) is 12.0 Å². The summed E-state index contributed by atoms with van der Waals surface area (Å²) in [4.78, 5) is 13.4. The molecular weight excluding hydrogens is 266 g/mol. The van der Waals surface area contributed by atoms with E-state index in [4.69, 9.17) is 9.47 Å². The molecule has 1 aromatic carbocycles. The number of hydrogen-bond acceptors (Lipinski definition) is 4. The van der Waals surface area contributed by atoms with Gasteiger partial charge in [-0.25, -0.2) is 0 Å². The lowest BCUT2D eigenvalue weighted by molar-refractivity contribution is 0.109. The Labute approximate surface area is 128 Å². The number of carbonyl (C=O) groups excluding carboxylic acids is 1. The summed E-state index contributed by atoms with van der Waals surface area (Å²) in [6.07, 6.45) is 3.06. The number of methoxy groups -OCH3 is 2. The Bertz CT molecular complexity index is 430. The number of aldehydes is 1. The van der Waals surface area contributed by atoms with E-state index in [9.17, 15) is 4.79 Å². The van der Waals surface area contributed by atoms with Crippen LogP contribution in [-0.2, 0) is 11.3 Å². The van der Waals surface area contributed by atoms with Crippen LogP contribution < -0.4 is 4.74 Å². The van der Waals surface area contributed by atoms with E-state index in [-0.39, 0.29) is 0 Å². The van der Waals surface area contributed by atoms with E-state index in [0.717, 1.165) is 43.5 Å². The van der Waals surface area contributed by atoms with Gasteiger partial charge in [-0.3, -0.25) is 9.69 Å². The van der Waals surface area contributed by atoms with Crippen molar-refractivity contribution >= 4 is 6.29 Å². The Balaban J connectivity index is 2.97. The van der Waals surface area contributed by atoms with Crippen LogP contribution in [0.1, 0.15) is 42.6 Å². The first-order chi connectivity index (χ1) is 10.2. The summed E-state index contributed by atoms with van der Waals surface area (Å²) >= 11 is 0. The third-order valence-electron chi connectivity index (χ3n) is 3.86. The fourth-order valence-electron chi connectivity index (χ4n) is 2.62. The number of nitrogens with zero attached hydrogens (tertiary/aromatic N) is 1. The van der Waals surface area contributed by atoms with Gasteiger partial charge in [0.15, 0.2) is 0 Å². The van der Waals surface area contributed by atoms with Gasteiger partial charge >= 0.3 is 0 Å². The Kier molecular flexibility index (Phi) is 8.01. The molecule has 0 fully saturated rings. The topological polar surface area (TPSA) is 38.8 Å². The Morgan fingerprint density at radius 3 is 2.48 bits per heavy atom. The highest BCUT2D eigenvalue weighted by Crippen LogP contribution is 2.23. The van der Waals surface area contributed by atoms with E-state index in [1.165, 1.54) is 0 Å². The highest BCUT2D eigenvalue weighted by molar-refractivity contribution is 5.75. The molecule has 0 bridgehead atoms. The van der Waals surface area contributed by atoms with Gasteiger partial charge in [0.05, 0.1) is 13.7 Å². The van der Waals surface area contributed by atoms with Crippen LogP contribution in [0.2, 0.25) is 0 Å². The second-order valence-electron chi connectivity index (χ2n) is 5.12. The van der Waals surface area contributed by atoms with Gasteiger partial charge in [-0.1, -0.05) is 13.8 Å². The summed E-state index contributed by atoms with van der Waals surface area (Å²) in [6.45, 7) is 6.74. The molecule has 0 unspecified atom stereocenters. The summed E-state index contributed by atoms with van der Waals surface area (Å²) in [6, 6.07) is 6.06. The Hall–Kier alpha value is -1.39. The SMILES string of the molecule is CCC(CC)N(CCOC)Cc1cc(C=O)ccc1OC. The lowest BCUT2D eigenvalue weighted by atomic mass is 10.1. The van der Waals surface area contributed by atoms with E-state index >= 15 is 0 Å². The van der Waals surface area contributed by atoms with E-state index < -0.39 is 0 Å². The van der Waals surface area contributed by atoms with Crippen molar-refractivity contribution in [2.24, 2.45) is 0 Å². The molecule has 0 heterocycles. The first kappa shape index (κ1) is 17.7. The van der Waals surface area contributed by atoms with Crippen molar-refractivity contribution in [3.05, 3.63) is 29.3 Å². The minimum atomic E-state index is 0.504. The van der Waals surface area contributed by atoms with Crippen molar-refractivity contribution in [2.45, 2.75) is 39.3 Å². The normalized spacial score (nSPS) is 11.1. The van der Waals surface area contributed by atoms with E-state index in [1.54, 1.807) is 20.3 Å². The van der Waals surface area contributed by atoms with Gasteiger partial charge in [-0.2, -0.15) is 0 Å². The number of ether oxygens (including phenoxy) is 2. The summed E-state index contributed by atoms with van der Waals surface area (Å²) in [5.41, 5.74) is 1.73. The highest BCUT2D eigenvalue weighted by atomic mass is 16.5. The predicted molar refractivity (Wildman–Crippen MR) is 85.0 cm³/mol. The molecule has 1 rings (SSSR count). The molecule has 0 saturated heterocycles. The van der Waals surface area contributed by atoms with Crippen molar-refractivity contribution in [1.82, 2.24) is 4.90 Å². The largest absolute Gasteiger partial charge is 0.496 e. The standard InChI is InChI=1S/C17H27NO3/c1-5-16(6-2)18(9-10-20-3)12-15-11-14(13-19)7-8-17(15)21-4/h7-8,11,13,16H,5-6,9-10,12H2,1-4H3. The van der Waals surface area contributed by atoms with Crippen LogP contribution in [0.25, 0.3) is 0 Å². The molecule has 0 aliphatic heterocycles. The Morgan fingerprint density at radius 1 is 1.24 bits per heavy atom. The maximum absolute atomic E-state index is 11.0. The van der Waals surface area contributed by atoms with E-state index in [1.807, 2.05) is 12.1 Å². The fraction of sp³-hybridized carbons (Fsp3) is 0.588. The molecule has 0 aromatic heterocycles. The molecule has 0 spiro atoms. The highest BCUT2D eigenvalue weighted by Gasteiger charge is 2.17. The van der Waals surface area contributed by atoms with Crippen molar-refractivity contribution in [2.75, 3.05) is 27.4 Å². The zero-order chi connectivity index (χ0) is 15.7. The molecule has 118 valence electrons. The molecule has 0 saturated carbocycles. The number of rotatable bonds is 10. The second kappa shape index (κ2) is 9.53. The van der Waals surface area contributed by atoms with Crippen LogP contribution in [0.15, 0.2) is 18.2 Å². The number of hydrogen-bond donors (Lipinski definition) is 0. The summed E-state index contributed by atoms with van der Waals surface area (Å²) < 4.78 is 10.6. The van der Waals surface area contributed by atoms with Crippen LogP contribution in [0.5, 0.6) is 5.75 Å². The first-order valence-corrected chi connectivity index (χ1v) is 7.55. The van der Waals surface area contributed by atoms with Gasteiger partial charge in [0, 0.05) is 37.4 Å². The van der Waals surface area contributed by atoms with Crippen LogP contribution >= 0.6 is 0 Å². The third-order valence-corrected chi connectivity index (χ3v) is 3.86. The monoisotopic (exact) mass is 293 g/mol. The zero-order valence-electron chi connectivity index (χ0n) is 13.6. The van der Waals surface area contributed by atoms with E-state index in [2.05, 4.69) is 18.7 Å². The summed E-state index contributed by atoms with van der Waals surface area (Å²) in [5, 5.41) is 0. The molecule has 0 radical (unpaired) electrons. The molecule has 4 nitrogen and oxygen atoms in total. The molecule has 0 N–H and O–H groups in total. The summed E-state index contributed by atoms with van der Waals surface area (Å²) in [7, 11) is 3.38. The summed E-state index contributed by atoms with van der Waals surface area (Å²) in [5.74, 6) is 0.828. The molecule has 4 heteroatoms. The quantitative estimate of drug-likeness (QED) is 0.621. The minimum Gasteiger partial charge on any atom is -0.496 e. The fourth-order valence-corrected chi connectivity index (χ4v) is 2.62. The van der Waals surface area contributed by atoms with Crippen LogP contribution in [0.4, 0.5) is 0 Å². The molecule has 21 heavy (non-hydrogen) atoms. The average molecular weight is 293 g/mol. The molecule has 1 aromatic rings. The maximum atomic E-state index is 11.0. The molecule has 0 amide bonds. The number of carbonyl (C=O) groups is 1. The molecule has 0 aliphatic rings. The van der Waals surface area contributed by atoms with Gasteiger partial charge in [0.2, 0.25) is 0 Å². The van der Waals surface area contributed by atoms with Gasteiger partial charge in [-0.15, -0.1) is 0 Å². The molecule has 0 aliphatic carbocycles. The van der Waals surface area contributed by atoms with Gasteiger partial charge in [-0.05, 0) is 31.0 Å². The average Bonchev–Trinajstić information content (AvgIpc) is 2.53. The lowest BCUT2D eigenvalue weighted by Gasteiger charge is -2.30. The molecular formula is C17H27NO3. The zero-order valence-corrected chi connectivity index (χ0v) is 13.6. The Morgan fingerprint density at radius 2 is 1.95 bits per heavy atom. The van der Waals surface area contributed by atoms with Crippen LogP contribution in [0.3, 0.4) is 0 Å². The first-order valence-electron chi connectivity index (χ1n) is 7.55. The second-order valence-corrected chi connectivity index (χ2v) is 5.12. The maximum Gasteiger partial charge on any atom is 0.150 e. The van der Waals surface area contributed by atoms with Crippen molar-refractivity contribution in [3.63, 3.8) is 0 Å². The lowest BCUT2D eigenvalue weighted by Crippen LogP contribution is -2.36. The van der Waals surface area contributed by atoms with Crippen LogP contribution in [0, 0.1) is 0 Å². The van der Waals surface area contributed by atoms with Gasteiger partial charge in [0.25, 0.3) is 0 Å². The predicted octanol–water partition coefficient (Wildman–Crippen LogP) is 3.14. The van der Waals surface area contributed by atoms with Crippen molar-refractivity contribution < 1.29 is 14.3 Å². The molecule has 0 atom stereocenters. The van der Waals surface area contributed by atoms with Crippen molar-refractivity contribution in [3.8, 4) is 5.75 Å². The minimum absolute atomic E-state index is 0.504.